The standard InChI is InChI=1S/C21H19BrN2O4S/c1-27-20-12-9-17(13-21(20)28-15-16-7-10-18(22)11-8-16)14-23-24-29(25,26)19-5-3-2-4-6-19/h2-14,24H,15H2,1H3/b23-14+. The predicted molar refractivity (Wildman–Crippen MR) is 116 cm³/mol. The molecular weight excluding hydrogens is 456 g/mol. The van der Waals surface area contributed by atoms with Gasteiger partial charge in [-0.25, -0.2) is 4.83 Å². The lowest BCUT2D eigenvalue weighted by Crippen LogP contribution is -2.18. The Labute approximate surface area is 178 Å². The summed E-state index contributed by atoms with van der Waals surface area (Å²) in [6.45, 7) is 0.366. The van der Waals surface area contributed by atoms with Gasteiger partial charge in [0.2, 0.25) is 0 Å². The highest BCUT2D eigenvalue weighted by molar-refractivity contribution is 9.10. The third-order valence-electron chi connectivity index (χ3n) is 3.94. The van der Waals surface area contributed by atoms with E-state index in [1.807, 2.05) is 24.3 Å². The Kier molecular flexibility index (Phi) is 6.90. The minimum atomic E-state index is -3.71. The molecule has 0 radical (unpaired) electrons. The van der Waals surface area contributed by atoms with Gasteiger partial charge in [-0.2, -0.15) is 13.5 Å². The fourth-order valence-electron chi connectivity index (χ4n) is 2.45. The summed E-state index contributed by atoms with van der Waals surface area (Å²) in [6.07, 6.45) is 1.41. The predicted octanol–water partition coefficient (Wildman–Crippen LogP) is 4.35. The molecule has 150 valence electrons. The van der Waals surface area contributed by atoms with Crippen LogP contribution in [0.25, 0.3) is 0 Å². The van der Waals surface area contributed by atoms with Crippen LogP contribution in [-0.2, 0) is 16.6 Å². The molecule has 0 bridgehead atoms. The number of hydrazone groups is 1. The number of methoxy groups -OCH3 is 1. The zero-order valence-electron chi connectivity index (χ0n) is 15.6. The first-order valence-corrected chi connectivity index (χ1v) is 10.9. The number of benzene rings is 3. The van der Waals surface area contributed by atoms with Crippen LogP contribution in [0.2, 0.25) is 0 Å². The molecule has 0 unspecified atom stereocenters. The first-order chi connectivity index (χ1) is 14.0. The van der Waals surface area contributed by atoms with Crippen molar-refractivity contribution in [3.63, 3.8) is 0 Å². The van der Waals surface area contributed by atoms with Crippen LogP contribution in [0.4, 0.5) is 0 Å². The van der Waals surface area contributed by atoms with Gasteiger partial charge >= 0.3 is 0 Å². The van der Waals surface area contributed by atoms with Crippen molar-refractivity contribution in [1.82, 2.24) is 4.83 Å². The fraction of sp³-hybridized carbons (Fsp3) is 0.0952. The second-order valence-electron chi connectivity index (χ2n) is 5.99. The van der Waals surface area contributed by atoms with Gasteiger partial charge in [0.15, 0.2) is 11.5 Å². The summed E-state index contributed by atoms with van der Waals surface area (Å²) < 4.78 is 36.6. The van der Waals surface area contributed by atoms with E-state index in [0.717, 1.165) is 10.0 Å². The number of hydrogen-bond donors (Lipinski definition) is 1. The lowest BCUT2D eigenvalue weighted by Gasteiger charge is -2.11. The Morgan fingerprint density at radius 1 is 1.00 bits per heavy atom. The smallest absolute Gasteiger partial charge is 0.276 e. The number of halogens is 1. The topological polar surface area (TPSA) is 77.0 Å². The highest BCUT2D eigenvalue weighted by Gasteiger charge is 2.11. The maximum Gasteiger partial charge on any atom is 0.276 e. The zero-order chi connectivity index (χ0) is 20.7. The van der Waals surface area contributed by atoms with Gasteiger partial charge in [-0.05, 0) is 53.6 Å². The zero-order valence-corrected chi connectivity index (χ0v) is 18.0. The minimum Gasteiger partial charge on any atom is -0.493 e. The van der Waals surface area contributed by atoms with Crippen molar-refractivity contribution in [3.8, 4) is 11.5 Å². The summed E-state index contributed by atoms with van der Waals surface area (Å²) in [5.74, 6) is 1.11. The molecule has 6 nitrogen and oxygen atoms in total. The molecular formula is C21H19BrN2O4S. The van der Waals surface area contributed by atoms with Crippen LogP contribution in [0.15, 0.2) is 87.3 Å². The first-order valence-electron chi connectivity index (χ1n) is 8.63. The van der Waals surface area contributed by atoms with Crippen molar-refractivity contribution in [2.24, 2.45) is 5.10 Å². The molecule has 1 N–H and O–H groups in total. The third kappa shape index (κ3) is 5.82. The normalized spacial score (nSPS) is 11.4. The van der Waals surface area contributed by atoms with E-state index in [4.69, 9.17) is 9.47 Å². The average Bonchev–Trinajstić information content (AvgIpc) is 2.74. The van der Waals surface area contributed by atoms with Crippen molar-refractivity contribution in [3.05, 3.63) is 88.4 Å². The molecule has 29 heavy (non-hydrogen) atoms. The summed E-state index contributed by atoms with van der Waals surface area (Å²) in [7, 11) is -2.15. The van der Waals surface area contributed by atoms with Crippen molar-refractivity contribution in [2.75, 3.05) is 7.11 Å². The summed E-state index contributed by atoms with van der Waals surface area (Å²) in [5, 5.41) is 3.85. The summed E-state index contributed by atoms with van der Waals surface area (Å²) >= 11 is 3.40. The Bertz CT molecular complexity index is 1090. The van der Waals surface area contributed by atoms with Crippen molar-refractivity contribution in [2.45, 2.75) is 11.5 Å². The molecule has 0 saturated heterocycles. The van der Waals surface area contributed by atoms with Crippen LogP contribution in [0.1, 0.15) is 11.1 Å². The Balaban J connectivity index is 1.70. The van der Waals surface area contributed by atoms with Gasteiger partial charge in [-0.15, -0.1) is 0 Å². The largest absolute Gasteiger partial charge is 0.493 e. The van der Waals surface area contributed by atoms with Gasteiger partial charge in [0, 0.05) is 4.47 Å². The number of hydrogen-bond acceptors (Lipinski definition) is 5. The number of ether oxygens (including phenoxy) is 2. The molecule has 8 heteroatoms. The monoisotopic (exact) mass is 474 g/mol. The summed E-state index contributed by atoms with van der Waals surface area (Å²) in [5.41, 5.74) is 1.66. The van der Waals surface area contributed by atoms with Crippen LogP contribution >= 0.6 is 15.9 Å². The highest BCUT2D eigenvalue weighted by atomic mass is 79.9. The van der Waals surface area contributed by atoms with E-state index in [-0.39, 0.29) is 4.90 Å². The molecule has 3 aromatic rings. The minimum absolute atomic E-state index is 0.144. The summed E-state index contributed by atoms with van der Waals surface area (Å²) in [6, 6.07) is 21.1. The van der Waals surface area contributed by atoms with Crippen molar-refractivity contribution >= 4 is 32.2 Å². The van der Waals surface area contributed by atoms with Gasteiger partial charge in [0.25, 0.3) is 10.0 Å². The average molecular weight is 475 g/mol. The number of sulfonamides is 1. The molecule has 0 atom stereocenters. The van der Waals surface area contributed by atoms with E-state index in [1.165, 1.54) is 18.3 Å². The van der Waals surface area contributed by atoms with Gasteiger partial charge in [0.1, 0.15) is 6.61 Å². The van der Waals surface area contributed by atoms with E-state index in [1.54, 1.807) is 43.5 Å². The van der Waals surface area contributed by atoms with Crippen LogP contribution in [0.5, 0.6) is 11.5 Å². The molecule has 0 aliphatic heterocycles. The van der Waals surface area contributed by atoms with Gasteiger partial charge in [0.05, 0.1) is 18.2 Å². The van der Waals surface area contributed by atoms with Crippen LogP contribution in [-0.4, -0.2) is 21.7 Å². The van der Waals surface area contributed by atoms with Gasteiger partial charge in [-0.1, -0.05) is 46.3 Å². The molecule has 0 aliphatic rings. The molecule has 0 saturated carbocycles. The Morgan fingerprint density at radius 2 is 1.72 bits per heavy atom. The van der Waals surface area contributed by atoms with E-state index >= 15 is 0 Å². The van der Waals surface area contributed by atoms with Crippen LogP contribution in [0.3, 0.4) is 0 Å². The fourth-order valence-corrected chi connectivity index (χ4v) is 3.53. The van der Waals surface area contributed by atoms with Crippen molar-refractivity contribution < 1.29 is 17.9 Å². The number of rotatable bonds is 8. The molecule has 0 aromatic heterocycles. The maximum atomic E-state index is 12.2. The number of nitrogens with one attached hydrogen (secondary N) is 1. The quantitative estimate of drug-likeness (QED) is 0.388. The Hall–Kier alpha value is -2.84. The highest BCUT2D eigenvalue weighted by Crippen LogP contribution is 2.28. The SMILES string of the molecule is COc1ccc(/C=N/NS(=O)(=O)c2ccccc2)cc1OCc1ccc(Br)cc1. The molecule has 0 heterocycles. The van der Waals surface area contributed by atoms with E-state index in [0.29, 0.717) is 23.7 Å². The van der Waals surface area contributed by atoms with E-state index in [2.05, 4.69) is 25.9 Å². The van der Waals surface area contributed by atoms with Crippen LogP contribution in [0, 0.1) is 0 Å². The van der Waals surface area contributed by atoms with Crippen molar-refractivity contribution in [1.29, 1.82) is 0 Å². The lowest BCUT2D eigenvalue weighted by atomic mass is 10.2. The molecule has 0 amide bonds. The second kappa shape index (κ2) is 9.58. The van der Waals surface area contributed by atoms with Crippen LogP contribution < -0.4 is 14.3 Å². The first kappa shape index (κ1) is 20.9. The molecule has 0 aliphatic carbocycles. The third-order valence-corrected chi connectivity index (χ3v) is 5.70. The van der Waals surface area contributed by atoms with E-state index < -0.39 is 10.0 Å². The lowest BCUT2D eigenvalue weighted by molar-refractivity contribution is 0.284. The van der Waals surface area contributed by atoms with Gasteiger partial charge < -0.3 is 9.47 Å². The molecule has 3 aromatic carbocycles. The summed E-state index contributed by atoms with van der Waals surface area (Å²) in [4.78, 5) is 2.34. The maximum absolute atomic E-state index is 12.2. The molecule has 0 fully saturated rings. The van der Waals surface area contributed by atoms with Gasteiger partial charge in [-0.3, -0.25) is 0 Å². The Morgan fingerprint density at radius 3 is 2.41 bits per heavy atom. The second-order valence-corrected chi connectivity index (χ2v) is 8.57. The molecule has 3 rings (SSSR count). The molecule has 0 spiro atoms. The van der Waals surface area contributed by atoms with E-state index in [9.17, 15) is 8.42 Å². The number of nitrogens with zero attached hydrogens (tertiary/aromatic N) is 1.